The van der Waals surface area contributed by atoms with E-state index in [1.54, 1.807) is 43.3 Å². The Morgan fingerprint density at radius 1 is 1.04 bits per heavy atom. The molecule has 0 aliphatic heterocycles. The van der Waals surface area contributed by atoms with Crippen molar-refractivity contribution in [2.75, 3.05) is 10.6 Å². The Labute approximate surface area is 137 Å². The normalized spacial score (nSPS) is 11.4. The fourth-order valence-corrected chi connectivity index (χ4v) is 2.52. The standard InChI is InChI=1S/C16H17N3O3S/c1-10(17-11(2)20)15(21)18-12-5-3-6-13(9-12)19-16(22)14-7-4-8-23-14/h3-10H,1-2H3,(H,17,20)(H,18,21)(H,19,22). The number of nitrogens with one attached hydrogen (secondary N) is 3. The minimum Gasteiger partial charge on any atom is -0.345 e. The molecule has 0 aliphatic rings. The summed E-state index contributed by atoms with van der Waals surface area (Å²) in [5, 5.41) is 9.80. The second kappa shape index (κ2) is 7.55. The number of benzene rings is 1. The molecule has 0 radical (unpaired) electrons. The van der Waals surface area contributed by atoms with E-state index in [4.69, 9.17) is 0 Å². The second-order valence-electron chi connectivity index (χ2n) is 4.92. The van der Waals surface area contributed by atoms with Gasteiger partial charge < -0.3 is 16.0 Å². The van der Waals surface area contributed by atoms with Gasteiger partial charge in [-0.3, -0.25) is 14.4 Å². The zero-order valence-electron chi connectivity index (χ0n) is 12.8. The van der Waals surface area contributed by atoms with E-state index < -0.39 is 6.04 Å². The summed E-state index contributed by atoms with van der Waals surface area (Å²) in [6.07, 6.45) is 0. The van der Waals surface area contributed by atoms with Crippen LogP contribution in [0.3, 0.4) is 0 Å². The lowest BCUT2D eigenvalue weighted by Gasteiger charge is -2.13. The van der Waals surface area contributed by atoms with Crippen molar-refractivity contribution in [3.8, 4) is 0 Å². The number of carbonyl (C=O) groups excluding carboxylic acids is 3. The van der Waals surface area contributed by atoms with Crippen LogP contribution in [0.4, 0.5) is 11.4 Å². The molecule has 1 aromatic carbocycles. The number of thiophene rings is 1. The molecule has 0 aliphatic carbocycles. The van der Waals surface area contributed by atoms with E-state index in [-0.39, 0.29) is 17.7 Å². The fraction of sp³-hybridized carbons (Fsp3) is 0.188. The molecule has 0 bridgehead atoms. The summed E-state index contributed by atoms with van der Waals surface area (Å²) in [7, 11) is 0. The molecule has 0 fully saturated rings. The first-order valence-electron chi connectivity index (χ1n) is 6.98. The number of rotatable bonds is 5. The highest BCUT2D eigenvalue weighted by molar-refractivity contribution is 7.12. The molecule has 2 rings (SSSR count). The molecule has 1 heterocycles. The third kappa shape index (κ3) is 4.93. The van der Waals surface area contributed by atoms with Crippen LogP contribution in [-0.4, -0.2) is 23.8 Å². The molecule has 3 N–H and O–H groups in total. The summed E-state index contributed by atoms with van der Waals surface area (Å²) in [5.41, 5.74) is 1.12. The molecule has 1 unspecified atom stereocenters. The van der Waals surface area contributed by atoms with Gasteiger partial charge in [0.1, 0.15) is 6.04 Å². The maximum atomic E-state index is 12.0. The highest BCUT2D eigenvalue weighted by atomic mass is 32.1. The van der Waals surface area contributed by atoms with Crippen molar-refractivity contribution in [1.82, 2.24) is 5.32 Å². The molecule has 0 saturated carbocycles. The van der Waals surface area contributed by atoms with Crippen molar-refractivity contribution in [3.05, 3.63) is 46.7 Å². The van der Waals surface area contributed by atoms with Crippen LogP contribution in [0.15, 0.2) is 41.8 Å². The molecule has 0 spiro atoms. The largest absolute Gasteiger partial charge is 0.345 e. The molecule has 1 aromatic heterocycles. The first kappa shape index (κ1) is 16.7. The summed E-state index contributed by atoms with van der Waals surface area (Å²) in [6, 6.07) is 9.72. The van der Waals surface area contributed by atoms with Gasteiger partial charge in [-0.15, -0.1) is 11.3 Å². The molecule has 120 valence electrons. The summed E-state index contributed by atoms with van der Waals surface area (Å²) < 4.78 is 0. The van der Waals surface area contributed by atoms with E-state index in [1.807, 2.05) is 5.38 Å². The van der Waals surface area contributed by atoms with Crippen LogP contribution in [0.5, 0.6) is 0 Å². The van der Waals surface area contributed by atoms with Crippen molar-refractivity contribution in [2.24, 2.45) is 0 Å². The van der Waals surface area contributed by atoms with Gasteiger partial charge in [0, 0.05) is 18.3 Å². The van der Waals surface area contributed by atoms with Gasteiger partial charge >= 0.3 is 0 Å². The van der Waals surface area contributed by atoms with E-state index in [0.717, 1.165) is 0 Å². The van der Waals surface area contributed by atoms with Crippen LogP contribution < -0.4 is 16.0 Å². The highest BCUT2D eigenvalue weighted by Crippen LogP contribution is 2.17. The van der Waals surface area contributed by atoms with Gasteiger partial charge in [-0.2, -0.15) is 0 Å². The van der Waals surface area contributed by atoms with Crippen LogP contribution in [-0.2, 0) is 9.59 Å². The van der Waals surface area contributed by atoms with Crippen LogP contribution in [0.25, 0.3) is 0 Å². The van der Waals surface area contributed by atoms with E-state index in [0.29, 0.717) is 16.3 Å². The minimum absolute atomic E-state index is 0.199. The lowest BCUT2D eigenvalue weighted by Crippen LogP contribution is -2.40. The third-order valence-electron chi connectivity index (χ3n) is 2.95. The maximum Gasteiger partial charge on any atom is 0.265 e. The van der Waals surface area contributed by atoms with Crippen molar-refractivity contribution in [2.45, 2.75) is 19.9 Å². The van der Waals surface area contributed by atoms with E-state index in [1.165, 1.54) is 18.3 Å². The lowest BCUT2D eigenvalue weighted by molar-refractivity contribution is -0.124. The maximum absolute atomic E-state index is 12.0. The molecule has 0 saturated heterocycles. The summed E-state index contributed by atoms with van der Waals surface area (Å²) in [6.45, 7) is 2.95. The summed E-state index contributed by atoms with van der Waals surface area (Å²) in [5.74, 6) is -0.804. The number of anilines is 2. The van der Waals surface area contributed by atoms with Gasteiger partial charge in [0.25, 0.3) is 5.91 Å². The van der Waals surface area contributed by atoms with Crippen LogP contribution >= 0.6 is 11.3 Å². The summed E-state index contributed by atoms with van der Waals surface area (Å²) in [4.78, 5) is 35.5. The zero-order chi connectivity index (χ0) is 16.8. The molecule has 23 heavy (non-hydrogen) atoms. The zero-order valence-corrected chi connectivity index (χ0v) is 13.6. The van der Waals surface area contributed by atoms with Crippen molar-refractivity contribution in [3.63, 3.8) is 0 Å². The van der Waals surface area contributed by atoms with Gasteiger partial charge in [0.2, 0.25) is 11.8 Å². The second-order valence-corrected chi connectivity index (χ2v) is 5.87. The molecule has 6 nitrogen and oxygen atoms in total. The van der Waals surface area contributed by atoms with Gasteiger partial charge in [-0.1, -0.05) is 12.1 Å². The predicted molar refractivity (Wildman–Crippen MR) is 90.6 cm³/mol. The van der Waals surface area contributed by atoms with Crippen molar-refractivity contribution < 1.29 is 14.4 Å². The Morgan fingerprint density at radius 2 is 1.74 bits per heavy atom. The highest BCUT2D eigenvalue weighted by Gasteiger charge is 2.14. The molecule has 3 amide bonds. The average Bonchev–Trinajstić information content (AvgIpc) is 3.01. The predicted octanol–water partition coefficient (Wildman–Crippen LogP) is 2.46. The van der Waals surface area contributed by atoms with E-state index in [2.05, 4.69) is 16.0 Å². The Kier molecular flexibility index (Phi) is 5.48. The van der Waals surface area contributed by atoms with Crippen molar-refractivity contribution >= 4 is 40.4 Å². The molecule has 2 aromatic rings. The number of hydrogen-bond donors (Lipinski definition) is 3. The van der Waals surface area contributed by atoms with Crippen LogP contribution in [0, 0.1) is 0 Å². The quantitative estimate of drug-likeness (QED) is 0.786. The smallest absolute Gasteiger partial charge is 0.265 e. The molecular weight excluding hydrogens is 314 g/mol. The molecule has 1 atom stereocenters. The first-order chi connectivity index (χ1) is 11.0. The van der Waals surface area contributed by atoms with E-state index >= 15 is 0 Å². The lowest BCUT2D eigenvalue weighted by atomic mass is 10.2. The SMILES string of the molecule is CC(=O)NC(C)C(=O)Nc1cccc(NC(=O)c2cccs2)c1. The first-order valence-corrected chi connectivity index (χ1v) is 7.86. The molecule has 7 heteroatoms. The Hall–Kier alpha value is -2.67. The Balaban J connectivity index is 2.01. The van der Waals surface area contributed by atoms with Crippen LogP contribution in [0.2, 0.25) is 0 Å². The van der Waals surface area contributed by atoms with Gasteiger partial charge in [0.05, 0.1) is 4.88 Å². The van der Waals surface area contributed by atoms with Crippen molar-refractivity contribution in [1.29, 1.82) is 0 Å². The Morgan fingerprint density at radius 3 is 2.35 bits per heavy atom. The van der Waals surface area contributed by atoms with E-state index in [9.17, 15) is 14.4 Å². The van der Waals surface area contributed by atoms with Gasteiger partial charge in [-0.05, 0) is 36.6 Å². The Bertz CT molecular complexity index is 713. The monoisotopic (exact) mass is 331 g/mol. The fourth-order valence-electron chi connectivity index (χ4n) is 1.90. The average molecular weight is 331 g/mol. The van der Waals surface area contributed by atoms with Gasteiger partial charge in [0.15, 0.2) is 0 Å². The number of carbonyl (C=O) groups is 3. The topological polar surface area (TPSA) is 87.3 Å². The third-order valence-corrected chi connectivity index (χ3v) is 3.81. The number of hydrogen-bond acceptors (Lipinski definition) is 4. The minimum atomic E-state index is -0.642. The van der Waals surface area contributed by atoms with Crippen LogP contribution in [0.1, 0.15) is 23.5 Å². The van der Waals surface area contributed by atoms with Gasteiger partial charge in [-0.25, -0.2) is 0 Å². The molecular formula is C16H17N3O3S. The summed E-state index contributed by atoms with van der Waals surface area (Å²) >= 11 is 1.35. The number of amides is 3.